The molecule has 0 aliphatic carbocycles. The largest absolute Gasteiger partial charge is 0.454 e. The Kier molecular flexibility index (Phi) is 7.33. The molecule has 0 spiro atoms. The first-order chi connectivity index (χ1) is 12.8. The van der Waals surface area contributed by atoms with Crippen molar-refractivity contribution in [2.24, 2.45) is 0 Å². The monoisotopic (exact) mass is 411 g/mol. The third-order valence-electron chi connectivity index (χ3n) is 3.53. The van der Waals surface area contributed by atoms with Crippen LogP contribution in [0.25, 0.3) is 0 Å². The van der Waals surface area contributed by atoms with Gasteiger partial charge in [0.05, 0.1) is 15.6 Å². The van der Waals surface area contributed by atoms with Gasteiger partial charge in [-0.15, -0.1) is 0 Å². The number of hydrogen-bond acceptors (Lipinski definition) is 4. The lowest BCUT2D eigenvalue weighted by atomic mass is 10.1. The van der Waals surface area contributed by atoms with E-state index in [1.165, 1.54) is 12.1 Å². The highest BCUT2D eigenvalue weighted by Crippen LogP contribution is 2.25. The van der Waals surface area contributed by atoms with E-state index in [4.69, 9.17) is 27.9 Å². The number of carbonyl (C=O) groups excluding carboxylic acids is 3. The van der Waals surface area contributed by atoms with Crippen molar-refractivity contribution in [1.29, 1.82) is 0 Å². The molecular formula is C19H16Cl2FNO4. The summed E-state index contributed by atoms with van der Waals surface area (Å²) in [4.78, 5) is 35.6. The first-order valence-corrected chi connectivity index (χ1v) is 8.82. The van der Waals surface area contributed by atoms with Gasteiger partial charge in [0.1, 0.15) is 5.82 Å². The summed E-state index contributed by atoms with van der Waals surface area (Å²) in [6.45, 7) is 1.36. The standard InChI is InChI=1S/C19H16Cl2FNO4/c1-2-3-18(25)23-12-6-4-11(5-7-12)17(24)10-27-19(26)13-8-16(22)15(21)9-14(13)20/h4-9H,2-3,10H2,1H3,(H,23,25). The molecule has 1 amide bonds. The maximum atomic E-state index is 13.5. The smallest absolute Gasteiger partial charge is 0.340 e. The lowest BCUT2D eigenvalue weighted by Crippen LogP contribution is -2.15. The molecule has 2 aromatic carbocycles. The zero-order valence-corrected chi connectivity index (χ0v) is 15.9. The lowest BCUT2D eigenvalue weighted by Gasteiger charge is -2.08. The zero-order valence-electron chi connectivity index (χ0n) is 14.4. The highest BCUT2D eigenvalue weighted by atomic mass is 35.5. The van der Waals surface area contributed by atoms with Crippen LogP contribution in [-0.4, -0.2) is 24.3 Å². The fourth-order valence-corrected chi connectivity index (χ4v) is 2.62. The van der Waals surface area contributed by atoms with Crippen molar-refractivity contribution in [3.05, 3.63) is 63.4 Å². The predicted molar refractivity (Wildman–Crippen MR) is 101 cm³/mol. The molecule has 2 rings (SSSR count). The third-order valence-corrected chi connectivity index (χ3v) is 4.13. The van der Waals surface area contributed by atoms with E-state index >= 15 is 0 Å². The van der Waals surface area contributed by atoms with Crippen molar-refractivity contribution in [2.75, 3.05) is 11.9 Å². The van der Waals surface area contributed by atoms with E-state index in [-0.39, 0.29) is 21.5 Å². The summed E-state index contributed by atoms with van der Waals surface area (Å²) in [6, 6.07) is 8.11. The van der Waals surface area contributed by atoms with Crippen molar-refractivity contribution in [2.45, 2.75) is 19.8 Å². The van der Waals surface area contributed by atoms with E-state index in [0.717, 1.165) is 18.6 Å². The number of ketones is 1. The molecule has 0 saturated carbocycles. The Labute approximate surface area is 165 Å². The van der Waals surface area contributed by atoms with Crippen molar-refractivity contribution in [3.63, 3.8) is 0 Å². The van der Waals surface area contributed by atoms with E-state index < -0.39 is 24.2 Å². The van der Waals surface area contributed by atoms with Gasteiger partial charge in [0.25, 0.3) is 0 Å². The average Bonchev–Trinajstić information content (AvgIpc) is 2.63. The van der Waals surface area contributed by atoms with E-state index in [1.807, 2.05) is 6.92 Å². The first-order valence-electron chi connectivity index (χ1n) is 8.06. The second-order valence-electron chi connectivity index (χ2n) is 5.62. The van der Waals surface area contributed by atoms with Gasteiger partial charge >= 0.3 is 5.97 Å². The van der Waals surface area contributed by atoms with Gasteiger partial charge in [0, 0.05) is 17.7 Å². The summed E-state index contributed by atoms with van der Waals surface area (Å²) in [6.07, 6.45) is 1.14. The fraction of sp³-hybridized carbons (Fsp3) is 0.211. The predicted octanol–water partition coefficient (Wildman–Crippen LogP) is 4.91. The Balaban J connectivity index is 1.96. The van der Waals surface area contributed by atoms with Crippen LogP contribution in [0.5, 0.6) is 0 Å². The number of rotatable bonds is 7. The minimum absolute atomic E-state index is 0.0778. The Bertz CT molecular complexity index is 869. The molecule has 142 valence electrons. The molecule has 0 atom stereocenters. The second kappa shape index (κ2) is 9.48. The normalized spacial score (nSPS) is 10.4. The first kappa shape index (κ1) is 20.9. The molecule has 0 unspecified atom stereocenters. The van der Waals surface area contributed by atoms with Crippen LogP contribution in [0.3, 0.4) is 0 Å². The zero-order chi connectivity index (χ0) is 20.0. The number of Topliss-reactive ketones (excluding diaryl/α,β-unsaturated/α-hetero) is 1. The summed E-state index contributed by atoms with van der Waals surface area (Å²) in [5, 5.41) is 2.40. The van der Waals surface area contributed by atoms with Gasteiger partial charge in [-0.05, 0) is 42.8 Å². The number of amides is 1. The molecule has 0 fully saturated rings. The fourth-order valence-electron chi connectivity index (χ4n) is 2.16. The van der Waals surface area contributed by atoms with Crippen LogP contribution in [0.1, 0.15) is 40.5 Å². The molecule has 0 bridgehead atoms. The molecule has 0 radical (unpaired) electrons. The maximum Gasteiger partial charge on any atom is 0.340 e. The molecule has 0 aliphatic rings. The highest BCUT2D eigenvalue weighted by molar-refractivity contribution is 6.36. The van der Waals surface area contributed by atoms with E-state index in [1.54, 1.807) is 12.1 Å². The summed E-state index contributed by atoms with van der Waals surface area (Å²) in [5.74, 6) is -2.33. The Hall–Kier alpha value is -2.44. The number of benzene rings is 2. The van der Waals surface area contributed by atoms with Crippen molar-refractivity contribution in [3.8, 4) is 0 Å². The molecule has 0 aliphatic heterocycles. The maximum absolute atomic E-state index is 13.5. The van der Waals surface area contributed by atoms with Gasteiger partial charge in [-0.2, -0.15) is 0 Å². The molecule has 8 heteroatoms. The quantitative estimate of drug-likeness (QED) is 0.399. The number of ether oxygens (including phenoxy) is 1. The minimum Gasteiger partial charge on any atom is -0.454 e. The lowest BCUT2D eigenvalue weighted by molar-refractivity contribution is -0.116. The number of anilines is 1. The molecule has 5 nitrogen and oxygen atoms in total. The van der Waals surface area contributed by atoms with Gasteiger partial charge in [-0.3, -0.25) is 9.59 Å². The number of nitrogens with one attached hydrogen (secondary N) is 1. The number of hydrogen-bond donors (Lipinski definition) is 1. The van der Waals surface area contributed by atoms with Gasteiger partial charge in [0.2, 0.25) is 5.91 Å². The summed E-state index contributed by atoms with van der Waals surface area (Å²) in [7, 11) is 0. The van der Waals surface area contributed by atoms with E-state index in [0.29, 0.717) is 17.7 Å². The van der Waals surface area contributed by atoms with E-state index in [9.17, 15) is 18.8 Å². The molecule has 0 aromatic heterocycles. The van der Waals surface area contributed by atoms with Crippen molar-refractivity contribution >= 4 is 46.5 Å². The molecule has 27 heavy (non-hydrogen) atoms. The molecule has 0 heterocycles. The summed E-state index contributed by atoms with van der Waals surface area (Å²) >= 11 is 11.4. The van der Waals surface area contributed by atoms with Crippen LogP contribution in [-0.2, 0) is 9.53 Å². The Morgan fingerprint density at radius 1 is 1.07 bits per heavy atom. The van der Waals surface area contributed by atoms with Crippen molar-refractivity contribution in [1.82, 2.24) is 0 Å². The Morgan fingerprint density at radius 2 is 1.74 bits per heavy atom. The number of halogens is 3. The van der Waals surface area contributed by atoms with Crippen LogP contribution in [0.2, 0.25) is 10.0 Å². The van der Waals surface area contributed by atoms with Crippen LogP contribution in [0, 0.1) is 5.82 Å². The molecular weight excluding hydrogens is 396 g/mol. The van der Waals surface area contributed by atoms with Crippen LogP contribution in [0.15, 0.2) is 36.4 Å². The topological polar surface area (TPSA) is 72.5 Å². The van der Waals surface area contributed by atoms with Crippen LogP contribution < -0.4 is 5.32 Å². The minimum atomic E-state index is -0.938. The number of esters is 1. The van der Waals surface area contributed by atoms with E-state index in [2.05, 4.69) is 5.32 Å². The number of carbonyl (C=O) groups is 3. The van der Waals surface area contributed by atoms with Gasteiger partial charge < -0.3 is 10.1 Å². The highest BCUT2D eigenvalue weighted by Gasteiger charge is 2.17. The third kappa shape index (κ3) is 5.77. The van der Waals surface area contributed by atoms with Crippen LogP contribution in [0.4, 0.5) is 10.1 Å². The van der Waals surface area contributed by atoms with Gasteiger partial charge in [-0.1, -0.05) is 30.1 Å². The van der Waals surface area contributed by atoms with Crippen molar-refractivity contribution < 1.29 is 23.5 Å². The Morgan fingerprint density at radius 3 is 2.37 bits per heavy atom. The molecule has 2 aromatic rings. The SMILES string of the molecule is CCCC(=O)Nc1ccc(C(=O)COC(=O)c2cc(F)c(Cl)cc2Cl)cc1. The average molecular weight is 412 g/mol. The summed E-state index contributed by atoms with van der Waals surface area (Å²) < 4.78 is 18.4. The molecule has 1 N–H and O–H groups in total. The summed E-state index contributed by atoms with van der Waals surface area (Å²) in [5.41, 5.74) is 0.635. The second-order valence-corrected chi connectivity index (χ2v) is 6.44. The van der Waals surface area contributed by atoms with Gasteiger partial charge in [-0.25, -0.2) is 9.18 Å². The van der Waals surface area contributed by atoms with Gasteiger partial charge in [0.15, 0.2) is 12.4 Å². The van der Waals surface area contributed by atoms with Crippen LogP contribution >= 0.6 is 23.2 Å². The molecule has 0 saturated heterocycles.